The topological polar surface area (TPSA) is 50.4 Å². The summed E-state index contributed by atoms with van der Waals surface area (Å²) in [4.78, 5) is 12.9. The van der Waals surface area contributed by atoms with Gasteiger partial charge >= 0.3 is 0 Å². The van der Waals surface area contributed by atoms with E-state index in [4.69, 9.17) is 4.42 Å². The normalized spacial score (nSPS) is 11.3. The molecule has 3 rings (SSSR count). The van der Waals surface area contributed by atoms with E-state index in [2.05, 4.69) is 0 Å². The van der Waals surface area contributed by atoms with E-state index in [1.807, 2.05) is 13.8 Å². The maximum absolute atomic E-state index is 13.9. The Labute approximate surface area is 133 Å². The van der Waals surface area contributed by atoms with Crippen LogP contribution in [-0.4, -0.2) is 5.11 Å². The maximum Gasteiger partial charge on any atom is 0.200 e. The van der Waals surface area contributed by atoms with Crippen LogP contribution in [0.1, 0.15) is 31.1 Å². The Kier molecular flexibility index (Phi) is 3.68. The molecule has 0 amide bonds. The van der Waals surface area contributed by atoms with Crippen LogP contribution in [0.25, 0.3) is 22.1 Å². The first-order valence-electron chi connectivity index (χ1n) is 7.44. The van der Waals surface area contributed by atoms with Crippen molar-refractivity contribution in [1.82, 2.24) is 0 Å². The van der Waals surface area contributed by atoms with E-state index >= 15 is 0 Å². The van der Waals surface area contributed by atoms with Gasteiger partial charge in [-0.05, 0) is 36.2 Å². The largest absolute Gasteiger partial charge is 0.508 e. The molecule has 0 atom stereocenters. The molecule has 0 saturated carbocycles. The Hall–Kier alpha value is -2.62. The second-order valence-corrected chi connectivity index (χ2v) is 5.97. The van der Waals surface area contributed by atoms with Crippen molar-refractivity contribution in [2.45, 2.75) is 26.7 Å². The summed E-state index contributed by atoms with van der Waals surface area (Å²) in [5, 5.41) is 9.96. The van der Waals surface area contributed by atoms with Gasteiger partial charge in [-0.2, -0.15) is 0 Å². The van der Waals surface area contributed by atoms with E-state index in [-0.39, 0.29) is 22.9 Å². The summed E-state index contributed by atoms with van der Waals surface area (Å²) in [5.74, 6) is 0.0945. The molecule has 118 valence electrons. The Morgan fingerprint density at radius 3 is 2.52 bits per heavy atom. The van der Waals surface area contributed by atoms with Gasteiger partial charge in [-0.3, -0.25) is 4.79 Å². The first-order valence-corrected chi connectivity index (χ1v) is 7.44. The standard InChI is InChI=1S/C19H17FO3/c1-10(2)19-17(12-5-4-11(3)15(20)8-12)18(22)14-7-6-13(21)9-16(14)23-19/h4-10,21H,1-3H3. The highest BCUT2D eigenvalue weighted by Gasteiger charge is 2.19. The van der Waals surface area contributed by atoms with Crippen LogP contribution in [0.4, 0.5) is 4.39 Å². The van der Waals surface area contributed by atoms with E-state index in [1.165, 1.54) is 24.3 Å². The van der Waals surface area contributed by atoms with E-state index in [0.29, 0.717) is 33.4 Å². The number of hydrogen-bond donors (Lipinski definition) is 1. The van der Waals surface area contributed by atoms with Crippen LogP contribution in [-0.2, 0) is 0 Å². The van der Waals surface area contributed by atoms with Gasteiger partial charge in [0.1, 0.15) is 22.9 Å². The van der Waals surface area contributed by atoms with Crippen LogP contribution < -0.4 is 5.43 Å². The molecule has 0 aliphatic heterocycles. The molecule has 2 aromatic carbocycles. The van der Waals surface area contributed by atoms with Gasteiger partial charge in [-0.25, -0.2) is 4.39 Å². The van der Waals surface area contributed by atoms with Crippen molar-refractivity contribution in [3.05, 3.63) is 63.8 Å². The van der Waals surface area contributed by atoms with Crippen molar-refractivity contribution in [3.63, 3.8) is 0 Å². The fourth-order valence-electron chi connectivity index (χ4n) is 2.63. The lowest BCUT2D eigenvalue weighted by Crippen LogP contribution is -2.10. The lowest BCUT2D eigenvalue weighted by molar-refractivity contribution is 0.470. The highest BCUT2D eigenvalue weighted by atomic mass is 19.1. The van der Waals surface area contributed by atoms with E-state index < -0.39 is 0 Å². The number of fused-ring (bicyclic) bond motifs is 1. The van der Waals surface area contributed by atoms with Crippen LogP contribution in [0, 0.1) is 12.7 Å². The summed E-state index contributed by atoms with van der Waals surface area (Å²) in [5.41, 5.74) is 1.50. The summed E-state index contributed by atoms with van der Waals surface area (Å²) < 4.78 is 19.8. The summed E-state index contributed by atoms with van der Waals surface area (Å²) in [7, 11) is 0. The van der Waals surface area contributed by atoms with Gasteiger partial charge in [0.05, 0.1) is 10.9 Å². The number of phenolic OH excluding ortho intramolecular Hbond substituents is 1. The highest BCUT2D eigenvalue weighted by molar-refractivity contribution is 5.84. The maximum atomic E-state index is 13.9. The molecule has 4 heteroatoms. The Bertz CT molecular complexity index is 955. The van der Waals surface area contributed by atoms with E-state index in [9.17, 15) is 14.3 Å². The van der Waals surface area contributed by atoms with Gasteiger partial charge in [0.25, 0.3) is 0 Å². The third-order valence-corrected chi connectivity index (χ3v) is 3.89. The second kappa shape index (κ2) is 5.54. The highest BCUT2D eigenvalue weighted by Crippen LogP contribution is 2.31. The van der Waals surface area contributed by atoms with Gasteiger partial charge in [0, 0.05) is 12.0 Å². The van der Waals surface area contributed by atoms with Gasteiger partial charge < -0.3 is 9.52 Å². The SMILES string of the molecule is Cc1ccc(-c2c(C(C)C)oc3cc(O)ccc3c2=O)cc1F. The minimum atomic E-state index is -0.359. The van der Waals surface area contributed by atoms with Gasteiger partial charge in [-0.15, -0.1) is 0 Å². The summed E-state index contributed by atoms with van der Waals surface area (Å²) in [6, 6.07) is 9.11. The minimum Gasteiger partial charge on any atom is -0.508 e. The molecule has 0 aliphatic carbocycles. The molecule has 3 aromatic rings. The van der Waals surface area contributed by atoms with Crippen molar-refractivity contribution < 1.29 is 13.9 Å². The van der Waals surface area contributed by atoms with Gasteiger partial charge in [0.15, 0.2) is 0 Å². The lowest BCUT2D eigenvalue weighted by Gasteiger charge is -2.13. The van der Waals surface area contributed by atoms with E-state index in [1.54, 1.807) is 19.1 Å². The molecule has 0 aliphatic rings. The molecule has 1 N–H and O–H groups in total. The summed E-state index contributed by atoms with van der Waals surface area (Å²) >= 11 is 0. The number of benzene rings is 2. The monoisotopic (exact) mass is 312 g/mol. The van der Waals surface area contributed by atoms with Crippen LogP contribution in [0.2, 0.25) is 0 Å². The van der Waals surface area contributed by atoms with Crippen LogP contribution in [0.5, 0.6) is 5.75 Å². The molecular weight excluding hydrogens is 295 g/mol. The van der Waals surface area contributed by atoms with E-state index in [0.717, 1.165) is 0 Å². The smallest absolute Gasteiger partial charge is 0.200 e. The lowest BCUT2D eigenvalue weighted by atomic mass is 9.96. The number of rotatable bonds is 2. The third-order valence-electron chi connectivity index (χ3n) is 3.89. The zero-order valence-electron chi connectivity index (χ0n) is 13.2. The van der Waals surface area contributed by atoms with Crippen LogP contribution in [0.3, 0.4) is 0 Å². The third kappa shape index (κ3) is 2.61. The van der Waals surface area contributed by atoms with Crippen LogP contribution >= 0.6 is 0 Å². The number of phenols is 1. The molecule has 3 nitrogen and oxygen atoms in total. The fraction of sp³-hybridized carbons (Fsp3) is 0.211. The number of aryl methyl sites for hydroxylation is 1. The fourth-order valence-corrected chi connectivity index (χ4v) is 2.63. The molecule has 0 fully saturated rings. The number of hydrogen-bond acceptors (Lipinski definition) is 3. The van der Waals surface area contributed by atoms with Crippen molar-refractivity contribution in [2.24, 2.45) is 0 Å². The number of halogens is 1. The zero-order valence-corrected chi connectivity index (χ0v) is 13.2. The zero-order chi connectivity index (χ0) is 16.7. The van der Waals surface area contributed by atoms with Crippen molar-refractivity contribution in [3.8, 4) is 16.9 Å². The molecule has 0 bridgehead atoms. The second-order valence-electron chi connectivity index (χ2n) is 5.97. The average molecular weight is 312 g/mol. The molecule has 0 spiro atoms. The first-order chi connectivity index (χ1) is 10.9. The van der Waals surface area contributed by atoms with Crippen molar-refractivity contribution in [2.75, 3.05) is 0 Å². The molecule has 1 aromatic heterocycles. The molecular formula is C19H17FO3. The van der Waals surface area contributed by atoms with Crippen LogP contribution in [0.15, 0.2) is 45.6 Å². The molecule has 0 radical (unpaired) electrons. The minimum absolute atomic E-state index is 0.0319. The predicted octanol–water partition coefficient (Wildman–Crippen LogP) is 4.74. The molecule has 0 saturated heterocycles. The molecule has 23 heavy (non-hydrogen) atoms. The molecule has 0 unspecified atom stereocenters. The quantitative estimate of drug-likeness (QED) is 0.744. The van der Waals surface area contributed by atoms with Gasteiger partial charge in [-0.1, -0.05) is 26.0 Å². The predicted molar refractivity (Wildman–Crippen MR) is 88.4 cm³/mol. The first kappa shape index (κ1) is 15.3. The molecule has 1 heterocycles. The van der Waals surface area contributed by atoms with Crippen molar-refractivity contribution in [1.29, 1.82) is 0 Å². The number of aromatic hydroxyl groups is 1. The Morgan fingerprint density at radius 1 is 1.13 bits per heavy atom. The average Bonchev–Trinajstić information content (AvgIpc) is 2.49. The van der Waals surface area contributed by atoms with Gasteiger partial charge in [0.2, 0.25) is 5.43 Å². The Morgan fingerprint density at radius 2 is 1.87 bits per heavy atom. The Balaban J connectivity index is 2.40. The van der Waals surface area contributed by atoms with Crippen molar-refractivity contribution >= 4 is 11.0 Å². The summed E-state index contributed by atoms with van der Waals surface area (Å²) in [6.45, 7) is 5.48. The summed E-state index contributed by atoms with van der Waals surface area (Å²) in [6.07, 6.45) is 0.